The summed E-state index contributed by atoms with van der Waals surface area (Å²) >= 11 is 0. The number of aryl methyl sites for hydroxylation is 1. The van der Waals surface area contributed by atoms with Crippen LogP contribution in [0.2, 0.25) is 0 Å². The third kappa shape index (κ3) is 2.66. The monoisotopic (exact) mass is 238 g/mol. The van der Waals surface area contributed by atoms with Crippen LogP contribution in [0.1, 0.15) is 38.4 Å². The maximum Gasteiger partial charge on any atom is 0.0757 e. The predicted molar refractivity (Wildman–Crippen MR) is 65.3 cm³/mol. The predicted octanol–water partition coefficient (Wildman–Crippen LogP) is 1.36. The molecule has 1 fully saturated rings. The highest BCUT2D eigenvalue weighted by molar-refractivity contribution is 5.04. The molecule has 1 aromatic heterocycles. The van der Waals surface area contributed by atoms with Gasteiger partial charge in [0.1, 0.15) is 0 Å². The van der Waals surface area contributed by atoms with E-state index in [0.29, 0.717) is 11.8 Å². The summed E-state index contributed by atoms with van der Waals surface area (Å²) in [5.74, 6) is 0.974. The van der Waals surface area contributed by atoms with Gasteiger partial charge in [0.05, 0.1) is 17.9 Å². The van der Waals surface area contributed by atoms with Crippen molar-refractivity contribution in [1.82, 2.24) is 15.0 Å². The fourth-order valence-corrected chi connectivity index (χ4v) is 2.56. The summed E-state index contributed by atoms with van der Waals surface area (Å²) < 4.78 is 7.40. The zero-order valence-electron chi connectivity index (χ0n) is 10.7. The van der Waals surface area contributed by atoms with Crippen LogP contribution < -0.4 is 5.73 Å². The lowest BCUT2D eigenvalue weighted by Crippen LogP contribution is -2.35. The number of hydrogen-bond donors (Lipinski definition) is 1. The molecule has 0 amide bonds. The molecule has 2 heterocycles. The van der Waals surface area contributed by atoms with Gasteiger partial charge in [-0.3, -0.25) is 0 Å². The van der Waals surface area contributed by atoms with Crippen molar-refractivity contribution in [3.63, 3.8) is 0 Å². The average molecular weight is 238 g/mol. The molecule has 3 atom stereocenters. The van der Waals surface area contributed by atoms with E-state index >= 15 is 0 Å². The van der Waals surface area contributed by atoms with Crippen molar-refractivity contribution in [3.8, 4) is 0 Å². The molecule has 5 heteroatoms. The van der Waals surface area contributed by atoms with Gasteiger partial charge in [0, 0.05) is 19.8 Å². The Hall–Kier alpha value is -0.940. The van der Waals surface area contributed by atoms with Gasteiger partial charge in [-0.25, -0.2) is 4.68 Å². The van der Waals surface area contributed by atoms with E-state index in [1.54, 1.807) is 0 Å². The lowest BCUT2D eigenvalue weighted by atomic mass is 9.83. The van der Waals surface area contributed by atoms with E-state index in [1.165, 1.54) is 0 Å². The van der Waals surface area contributed by atoms with Gasteiger partial charge in [-0.05, 0) is 24.7 Å². The van der Waals surface area contributed by atoms with Gasteiger partial charge in [-0.15, -0.1) is 5.10 Å². The standard InChI is InChI=1S/C12H22N4O/c1-3-5-16-11(7-14-15-16)12(13)10-4-6-17-8-9(10)2/h7,9-10,12H,3-6,8,13H2,1-2H3. The Labute approximate surface area is 102 Å². The lowest BCUT2D eigenvalue weighted by molar-refractivity contribution is 0.0145. The Kier molecular flexibility index (Phi) is 4.12. The SMILES string of the molecule is CCCn1nncc1C(N)C1CCOCC1C. The molecule has 3 unspecified atom stereocenters. The van der Waals surface area contributed by atoms with E-state index in [2.05, 4.69) is 24.2 Å². The van der Waals surface area contributed by atoms with E-state index in [0.717, 1.165) is 38.3 Å². The summed E-state index contributed by atoms with van der Waals surface area (Å²) in [4.78, 5) is 0. The number of aromatic nitrogens is 3. The van der Waals surface area contributed by atoms with Gasteiger partial charge in [0.25, 0.3) is 0 Å². The van der Waals surface area contributed by atoms with Crippen molar-refractivity contribution in [1.29, 1.82) is 0 Å². The summed E-state index contributed by atoms with van der Waals surface area (Å²) in [7, 11) is 0. The Morgan fingerprint density at radius 1 is 1.65 bits per heavy atom. The molecule has 0 aliphatic carbocycles. The maximum absolute atomic E-state index is 6.38. The Morgan fingerprint density at radius 2 is 2.47 bits per heavy atom. The van der Waals surface area contributed by atoms with Gasteiger partial charge in [-0.1, -0.05) is 19.1 Å². The van der Waals surface area contributed by atoms with Crippen LogP contribution in [-0.2, 0) is 11.3 Å². The number of nitrogens with zero attached hydrogens (tertiary/aromatic N) is 3. The minimum Gasteiger partial charge on any atom is -0.381 e. The van der Waals surface area contributed by atoms with Crippen molar-refractivity contribution in [3.05, 3.63) is 11.9 Å². The topological polar surface area (TPSA) is 66.0 Å². The zero-order valence-corrected chi connectivity index (χ0v) is 10.7. The number of ether oxygens (including phenoxy) is 1. The highest BCUT2D eigenvalue weighted by Gasteiger charge is 2.30. The van der Waals surface area contributed by atoms with E-state index in [-0.39, 0.29) is 6.04 Å². The third-order valence-electron chi connectivity index (χ3n) is 3.59. The van der Waals surface area contributed by atoms with E-state index in [9.17, 15) is 0 Å². The second kappa shape index (κ2) is 5.60. The van der Waals surface area contributed by atoms with Gasteiger partial charge >= 0.3 is 0 Å². The minimum absolute atomic E-state index is 0.0236. The molecular formula is C12H22N4O. The molecule has 5 nitrogen and oxygen atoms in total. The highest BCUT2D eigenvalue weighted by Crippen LogP contribution is 2.31. The first-order valence-corrected chi connectivity index (χ1v) is 6.45. The summed E-state index contributed by atoms with van der Waals surface area (Å²) in [5, 5.41) is 8.09. The lowest BCUT2D eigenvalue weighted by Gasteiger charge is -2.33. The van der Waals surface area contributed by atoms with Crippen molar-refractivity contribution in [2.75, 3.05) is 13.2 Å². The van der Waals surface area contributed by atoms with Crippen molar-refractivity contribution in [2.24, 2.45) is 17.6 Å². The summed E-state index contributed by atoms with van der Waals surface area (Å²) in [5.41, 5.74) is 7.44. The Morgan fingerprint density at radius 3 is 3.18 bits per heavy atom. The minimum atomic E-state index is 0.0236. The molecule has 0 spiro atoms. The Bertz CT molecular complexity index is 352. The first-order valence-electron chi connectivity index (χ1n) is 6.45. The first-order chi connectivity index (χ1) is 8.24. The molecule has 0 radical (unpaired) electrons. The number of nitrogens with two attached hydrogens (primary N) is 1. The van der Waals surface area contributed by atoms with Crippen LogP contribution in [-0.4, -0.2) is 28.2 Å². The van der Waals surface area contributed by atoms with Gasteiger partial charge in [0.15, 0.2) is 0 Å². The molecule has 1 aliphatic rings. The Balaban J connectivity index is 2.11. The van der Waals surface area contributed by atoms with Crippen LogP contribution in [0.3, 0.4) is 0 Å². The zero-order chi connectivity index (χ0) is 12.3. The largest absolute Gasteiger partial charge is 0.381 e. The van der Waals surface area contributed by atoms with Crippen LogP contribution in [0, 0.1) is 11.8 Å². The maximum atomic E-state index is 6.38. The van der Waals surface area contributed by atoms with Gasteiger partial charge in [0.2, 0.25) is 0 Å². The summed E-state index contributed by atoms with van der Waals surface area (Å²) in [6, 6.07) is 0.0236. The fraction of sp³-hybridized carbons (Fsp3) is 0.833. The van der Waals surface area contributed by atoms with Crippen LogP contribution >= 0.6 is 0 Å². The first kappa shape index (κ1) is 12.5. The van der Waals surface area contributed by atoms with E-state index in [4.69, 9.17) is 10.5 Å². The molecule has 2 rings (SSSR count). The number of hydrogen-bond acceptors (Lipinski definition) is 4. The normalized spacial score (nSPS) is 27.0. The summed E-state index contributed by atoms with van der Waals surface area (Å²) in [6.45, 7) is 6.86. The molecule has 17 heavy (non-hydrogen) atoms. The van der Waals surface area contributed by atoms with Crippen LogP contribution in [0.25, 0.3) is 0 Å². The number of rotatable bonds is 4. The third-order valence-corrected chi connectivity index (χ3v) is 3.59. The molecule has 0 saturated carbocycles. The van der Waals surface area contributed by atoms with Crippen LogP contribution in [0.4, 0.5) is 0 Å². The van der Waals surface area contributed by atoms with Crippen molar-refractivity contribution < 1.29 is 4.74 Å². The second-order valence-corrected chi connectivity index (χ2v) is 4.91. The van der Waals surface area contributed by atoms with Crippen molar-refractivity contribution >= 4 is 0 Å². The fourth-order valence-electron chi connectivity index (χ4n) is 2.56. The molecule has 1 aromatic rings. The highest BCUT2D eigenvalue weighted by atomic mass is 16.5. The molecule has 0 bridgehead atoms. The van der Waals surface area contributed by atoms with E-state index in [1.807, 2.05) is 10.9 Å². The van der Waals surface area contributed by atoms with Gasteiger partial charge in [-0.2, -0.15) is 0 Å². The molecule has 96 valence electrons. The van der Waals surface area contributed by atoms with Crippen LogP contribution in [0.5, 0.6) is 0 Å². The second-order valence-electron chi connectivity index (χ2n) is 4.91. The van der Waals surface area contributed by atoms with Crippen molar-refractivity contribution in [2.45, 2.75) is 39.3 Å². The van der Waals surface area contributed by atoms with Gasteiger partial charge < -0.3 is 10.5 Å². The average Bonchev–Trinajstić information content (AvgIpc) is 2.78. The molecular weight excluding hydrogens is 216 g/mol. The smallest absolute Gasteiger partial charge is 0.0757 e. The molecule has 1 aliphatic heterocycles. The molecule has 2 N–H and O–H groups in total. The summed E-state index contributed by atoms with van der Waals surface area (Å²) in [6.07, 6.45) is 3.88. The van der Waals surface area contributed by atoms with E-state index < -0.39 is 0 Å². The molecule has 0 aromatic carbocycles. The quantitative estimate of drug-likeness (QED) is 0.860. The molecule has 1 saturated heterocycles. The van der Waals surface area contributed by atoms with Crippen LogP contribution in [0.15, 0.2) is 6.20 Å².